The van der Waals surface area contributed by atoms with Gasteiger partial charge in [-0.3, -0.25) is 0 Å². The summed E-state index contributed by atoms with van der Waals surface area (Å²) in [5.41, 5.74) is 0.298. The Balaban J connectivity index is 2.99. The zero-order valence-corrected chi connectivity index (χ0v) is 12.0. The van der Waals surface area contributed by atoms with Crippen LogP contribution in [0, 0.1) is 5.92 Å². The third-order valence-electron chi connectivity index (χ3n) is 2.24. The summed E-state index contributed by atoms with van der Waals surface area (Å²) in [6.07, 6.45) is 0. The van der Waals surface area contributed by atoms with Crippen LogP contribution in [0.5, 0.6) is 0 Å². The van der Waals surface area contributed by atoms with Crippen molar-refractivity contribution in [3.05, 3.63) is 34.3 Å². The monoisotopic (exact) mass is 284 g/mol. The van der Waals surface area contributed by atoms with E-state index in [1.165, 1.54) is 18.2 Å². The van der Waals surface area contributed by atoms with Gasteiger partial charge in [-0.2, -0.15) is 0 Å². The summed E-state index contributed by atoms with van der Waals surface area (Å²) >= 11 is 5.85. The van der Waals surface area contributed by atoms with Gasteiger partial charge in [-0.15, -0.1) is 0 Å². The van der Waals surface area contributed by atoms with E-state index in [2.05, 4.69) is 0 Å². The molecule has 1 rings (SSSR count). The van der Waals surface area contributed by atoms with Gasteiger partial charge in [0.25, 0.3) is 0 Å². The molecule has 4 nitrogen and oxygen atoms in total. The van der Waals surface area contributed by atoms with Crippen molar-refractivity contribution in [2.45, 2.75) is 20.8 Å². The predicted octanol–water partition coefficient (Wildman–Crippen LogP) is 3.33. The number of rotatable bonds is 5. The van der Waals surface area contributed by atoms with E-state index in [1.807, 2.05) is 13.8 Å². The van der Waals surface area contributed by atoms with Gasteiger partial charge in [-0.05, 0) is 31.0 Å². The molecule has 0 radical (unpaired) electrons. The highest BCUT2D eigenvalue weighted by molar-refractivity contribution is 6.31. The molecule has 0 saturated heterocycles. The lowest BCUT2D eigenvalue weighted by Gasteiger charge is -2.10. The molecule has 0 N–H and O–H groups in total. The van der Waals surface area contributed by atoms with Gasteiger partial charge >= 0.3 is 11.9 Å². The summed E-state index contributed by atoms with van der Waals surface area (Å²) < 4.78 is 10.0. The summed E-state index contributed by atoms with van der Waals surface area (Å²) in [4.78, 5) is 23.7. The molecule has 0 bridgehead atoms. The topological polar surface area (TPSA) is 52.6 Å². The van der Waals surface area contributed by atoms with E-state index in [0.29, 0.717) is 5.02 Å². The van der Waals surface area contributed by atoms with Crippen LogP contribution in [0.15, 0.2) is 18.2 Å². The van der Waals surface area contributed by atoms with Crippen molar-refractivity contribution in [3.63, 3.8) is 0 Å². The van der Waals surface area contributed by atoms with Crippen LogP contribution in [0.2, 0.25) is 5.02 Å². The minimum Gasteiger partial charge on any atom is -0.462 e. The Bertz CT molecular complexity index is 469. The number of ether oxygens (including phenoxy) is 2. The lowest BCUT2D eigenvalue weighted by Crippen LogP contribution is -2.16. The zero-order valence-electron chi connectivity index (χ0n) is 11.2. The van der Waals surface area contributed by atoms with E-state index < -0.39 is 11.9 Å². The van der Waals surface area contributed by atoms with Crippen molar-refractivity contribution in [1.29, 1.82) is 0 Å². The van der Waals surface area contributed by atoms with E-state index >= 15 is 0 Å². The molecule has 0 saturated carbocycles. The van der Waals surface area contributed by atoms with Crippen LogP contribution >= 0.6 is 11.6 Å². The summed E-state index contributed by atoms with van der Waals surface area (Å²) in [6.45, 7) is 6.08. The Morgan fingerprint density at radius 3 is 2.37 bits per heavy atom. The molecule has 0 unspecified atom stereocenters. The second-order valence-corrected chi connectivity index (χ2v) is 4.84. The Morgan fingerprint density at radius 1 is 1.16 bits per heavy atom. The van der Waals surface area contributed by atoms with Crippen LogP contribution in [0.25, 0.3) is 0 Å². The molecule has 0 heterocycles. The molecular weight excluding hydrogens is 268 g/mol. The molecule has 0 aromatic heterocycles. The van der Waals surface area contributed by atoms with Gasteiger partial charge in [0.15, 0.2) is 0 Å². The number of benzene rings is 1. The Labute approximate surface area is 117 Å². The number of carbonyl (C=O) groups is 2. The highest BCUT2D eigenvalue weighted by atomic mass is 35.5. The van der Waals surface area contributed by atoms with E-state index in [4.69, 9.17) is 21.1 Å². The first kappa shape index (κ1) is 15.5. The molecule has 0 amide bonds. The van der Waals surface area contributed by atoms with Gasteiger partial charge in [0.1, 0.15) is 0 Å². The molecule has 0 aliphatic carbocycles. The first-order chi connectivity index (χ1) is 8.95. The first-order valence-corrected chi connectivity index (χ1v) is 6.47. The minimum atomic E-state index is -0.570. The fourth-order valence-corrected chi connectivity index (χ4v) is 1.56. The highest BCUT2D eigenvalue weighted by Gasteiger charge is 2.20. The van der Waals surface area contributed by atoms with Crippen molar-refractivity contribution >= 4 is 23.5 Å². The first-order valence-electron chi connectivity index (χ1n) is 6.09. The lowest BCUT2D eigenvalue weighted by molar-refractivity contribution is 0.0435. The number of halogens is 1. The average Bonchev–Trinajstić information content (AvgIpc) is 2.36. The molecule has 1 aromatic rings. The van der Waals surface area contributed by atoms with Crippen LogP contribution in [0.3, 0.4) is 0 Å². The molecule has 0 aliphatic rings. The fourth-order valence-electron chi connectivity index (χ4n) is 1.39. The third-order valence-corrected chi connectivity index (χ3v) is 2.48. The number of hydrogen-bond acceptors (Lipinski definition) is 4. The van der Waals surface area contributed by atoms with Crippen molar-refractivity contribution in [2.24, 2.45) is 5.92 Å². The van der Waals surface area contributed by atoms with Crippen molar-refractivity contribution in [1.82, 2.24) is 0 Å². The zero-order chi connectivity index (χ0) is 14.4. The normalized spacial score (nSPS) is 10.4. The summed E-state index contributed by atoms with van der Waals surface area (Å²) in [6, 6.07) is 4.41. The van der Waals surface area contributed by atoms with E-state index in [-0.39, 0.29) is 30.3 Å². The molecular formula is C14H17ClO4. The fraction of sp³-hybridized carbons (Fsp3) is 0.429. The number of hydrogen-bond donors (Lipinski definition) is 0. The van der Waals surface area contributed by atoms with Gasteiger partial charge in [-0.1, -0.05) is 25.4 Å². The number of esters is 2. The SMILES string of the molecule is CCOC(=O)c1ccc(Cl)cc1C(=O)OCC(C)C. The molecule has 19 heavy (non-hydrogen) atoms. The van der Waals surface area contributed by atoms with E-state index in [0.717, 1.165) is 0 Å². The molecule has 0 aliphatic heterocycles. The van der Waals surface area contributed by atoms with Crippen LogP contribution in [-0.2, 0) is 9.47 Å². The highest BCUT2D eigenvalue weighted by Crippen LogP contribution is 2.18. The third kappa shape index (κ3) is 4.56. The Hall–Kier alpha value is -1.55. The predicted molar refractivity (Wildman–Crippen MR) is 72.5 cm³/mol. The van der Waals surface area contributed by atoms with E-state index in [1.54, 1.807) is 6.92 Å². The maximum atomic E-state index is 11.9. The molecule has 0 fully saturated rings. The largest absolute Gasteiger partial charge is 0.462 e. The number of carbonyl (C=O) groups excluding carboxylic acids is 2. The minimum absolute atomic E-state index is 0.131. The van der Waals surface area contributed by atoms with Crippen molar-refractivity contribution in [2.75, 3.05) is 13.2 Å². The van der Waals surface area contributed by atoms with Gasteiger partial charge in [0.05, 0.1) is 24.3 Å². The van der Waals surface area contributed by atoms with Crippen LogP contribution in [0.1, 0.15) is 41.5 Å². The van der Waals surface area contributed by atoms with Gasteiger partial charge in [0, 0.05) is 5.02 Å². The summed E-state index contributed by atoms with van der Waals surface area (Å²) in [5, 5.41) is 0.365. The van der Waals surface area contributed by atoms with Crippen LogP contribution in [-0.4, -0.2) is 25.2 Å². The average molecular weight is 285 g/mol. The standard InChI is InChI=1S/C14H17ClO4/c1-4-18-13(16)11-6-5-10(15)7-12(11)14(17)19-8-9(2)3/h5-7,9H,4,8H2,1-3H3. The Morgan fingerprint density at radius 2 is 1.79 bits per heavy atom. The summed E-state index contributed by atoms with van der Waals surface area (Å²) in [5.74, 6) is -0.913. The maximum Gasteiger partial charge on any atom is 0.339 e. The van der Waals surface area contributed by atoms with E-state index in [9.17, 15) is 9.59 Å². The molecule has 0 spiro atoms. The maximum absolute atomic E-state index is 11.9. The molecule has 5 heteroatoms. The van der Waals surface area contributed by atoms with Gasteiger partial charge in [-0.25, -0.2) is 9.59 Å². The Kier molecular flexibility index (Phi) is 5.83. The van der Waals surface area contributed by atoms with Gasteiger partial charge in [0.2, 0.25) is 0 Å². The van der Waals surface area contributed by atoms with Gasteiger partial charge < -0.3 is 9.47 Å². The smallest absolute Gasteiger partial charge is 0.339 e. The summed E-state index contributed by atoms with van der Waals surface area (Å²) in [7, 11) is 0. The lowest BCUT2D eigenvalue weighted by atomic mass is 10.1. The molecule has 1 aromatic carbocycles. The van der Waals surface area contributed by atoms with Crippen LogP contribution in [0.4, 0.5) is 0 Å². The van der Waals surface area contributed by atoms with Crippen LogP contribution < -0.4 is 0 Å². The quantitative estimate of drug-likeness (QED) is 0.778. The van der Waals surface area contributed by atoms with Crippen molar-refractivity contribution < 1.29 is 19.1 Å². The van der Waals surface area contributed by atoms with Crippen molar-refractivity contribution in [3.8, 4) is 0 Å². The molecule has 104 valence electrons. The second-order valence-electron chi connectivity index (χ2n) is 4.40. The second kappa shape index (κ2) is 7.14. The molecule has 0 atom stereocenters.